The van der Waals surface area contributed by atoms with E-state index in [9.17, 15) is 13.2 Å². The van der Waals surface area contributed by atoms with E-state index in [0.29, 0.717) is 36.7 Å². The van der Waals surface area contributed by atoms with E-state index in [4.69, 9.17) is 9.47 Å². The van der Waals surface area contributed by atoms with Gasteiger partial charge in [0.2, 0.25) is 10.0 Å². The number of piperidine rings is 2. The quantitative estimate of drug-likeness (QED) is 0.442. The van der Waals surface area contributed by atoms with Gasteiger partial charge in [0.25, 0.3) is 0 Å². The van der Waals surface area contributed by atoms with Crippen molar-refractivity contribution in [3.8, 4) is 11.5 Å². The monoisotopic (exact) mass is 529 g/mol. The molecule has 0 aliphatic carbocycles. The van der Waals surface area contributed by atoms with Crippen molar-refractivity contribution < 1.29 is 22.7 Å². The summed E-state index contributed by atoms with van der Waals surface area (Å²) in [4.78, 5) is 15.6. The molecule has 37 heavy (non-hydrogen) atoms. The Morgan fingerprint density at radius 1 is 0.865 bits per heavy atom. The zero-order valence-corrected chi connectivity index (χ0v) is 22.8. The molecular formula is C28H39N3O5S. The lowest BCUT2D eigenvalue weighted by atomic mass is 10.0. The molecule has 0 saturated carbocycles. The van der Waals surface area contributed by atoms with Gasteiger partial charge in [0.05, 0.1) is 25.7 Å². The summed E-state index contributed by atoms with van der Waals surface area (Å²) < 4.78 is 38.3. The number of carbonyl (C=O) groups is 1. The highest BCUT2D eigenvalue weighted by atomic mass is 32.2. The first-order valence-corrected chi connectivity index (χ1v) is 14.7. The lowest BCUT2D eigenvalue weighted by molar-refractivity contribution is 0.0983. The van der Waals surface area contributed by atoms with Crippen LogP contribution >= 0.6 is 0 Å². The lowest BCUT2D eigenvalue weighted by Crippen LogP contribution is -2.40. The second kappa shape index (κ2) is 12.9. The van der Waals surface area contributed by atoms with Crippen LogP contribution < -0.4 is 14.8 Å². The summed E-state index contributed by atoms with van der Waals surface area (Å²) in [7, 11) is -0.241. The van der Waals surface area contributed by atoms with Gasteiger partial charge in [0, 0.05) is 31.2 Å². The number of ketones is 1. The minimum absolute atomic E-state index is 0.0633. The second-order valence-electron chi connectivity index (χ2n) is 9.77. The summed E-state index contributed by atoms with van der Waals surface area (Å²) in [6, 6.07) is 12.5. The first kappa shape index (κ1) is 27.6. The van der Waals surface area contributed by atoms with Crippen molar-refractivity contribution in [2.75, 3.05) is 53.5 Å². The zero-order chi connectivity index (χ0) is 26.3. The Morgan fingerprint density at radius 2 is 1.49 bits per heavy atom. The third-order valence-electron chi connectivity index (χ3n) is 7.38. The predicted molar refractivity (Wildman–Crippen MR) is 144 cm³/mol. The molecule has 2 aliphatic heterocycles. The summed E-state index contributed by atoms with van der Waals surface area (Å²) in [6.07, 6.45) is 6.42. The summed E-state index contributed by atoms with van der Waals surface area (Å²) in [5.41, 5.74) is 1.62. The number of carbonyl (C=O) groups excluding carboxylic acids is 1. The van der Waals surface area contributed by atoms with Crippen LogP contribution in [-0.2, 0) is 10.0 Å². The van der Waals surface area contributed by atoms with Gasteiger partial charge in [-0.3, -0.25) is 9.69 Å². The third-order valence-corrected chi connectivity index (χ3v) is 9.29. The molecule has 0 radical (unpaired) electrons. The highest BCUT2D eigenvalue weighted by molar-refractivity contribution is 7.89. The van der Waals surface area contributed by atoms with Crippen molar-refractivity contribution in [1.29, 1.82) is 0 Å². The van der Waals surface area contributed by atoms with E-state index in [2.05, 4.69) is 16.3 Å². The van der Waals surface area contributed by atoms with Gasteiger partial charge in [-0.1, -0.05) is 31.0 Å². The molecule has 0 aromatic heterocycles. The van der Waals surface area contributed by atoms with E-state index in [-0.39, 0.29) is 23.3 Å². The molecule has 2 saturated heterocycles. The normalized spacial score (nSPS) is 18.3. The van der Waals surface area contributed by atoms with E-state index in [0.717, 1.165) is 50.8 Å². The fourth-order valence-electron chi connectivity index (χ4n) is 5.24. The molecule has 2 aromatic rings. The van der Waals surface area contributed by atoms with Gasteiger partial charge < -0.3 is 14.8 Å². The fraction of sp³-hybridized carbons (Fsp3) is 0.536. The average Bonchev–Trinajstić information content (AvgIpc) is 2.96. The van der Waals surface area contributed by atoms with Crippen LogP contribution in [0.15, 0.2) is 47.4 Å². The highest BCUT2D eigenvalue weighted by Crippen LogP contribution is 2.33. The van der Waals surface area contributed by atoms with Crippen molar-refractivity contribution >= 4 is 15.8 Å². The van der Waals surface area contributed by atoms with Crippen LogP contribution in [0.1, 0.15) is 60.5 Å². The van der Waals surface area contributed by atoms with E-state index in [1.807, 2.05) is 12.1 Å². The Balaban J connectivity index is 1.40. The van der Waals surface area contributed by atoms with Crippen LogP contribution in [0.2, 0.25) is 0 Å². The van der Waals surface area contributed by atoms with Gasteiger partial charge in [0.15, 0.2) is 17.3 Å². The molecule has 9 heteroatoms. The minimum Gasteiger partial charge on any atom is -0.493 e. The molecule has 1 N–H and O–H groups in total. The van der Waals surface area contributed by atoms with Crippen LogP contribution in [0.25, 0.3) is 0 Å². The van der Waals surface area contributed by atoms with Gasteiger partial charge in [-0.15, -0.1) is 0 Å². The number of sulfonamides is 1. The fourth-order valence-corrected chi connectivity index (χ4v) is 6.76. The second-order valence-corrected chi connectivity index (χ2v) is 11.7. The lowest BCUT2D eigenvalue weighted by Gasteiger charge is -2.35. The molecular weight excluding hydrogens is 490 g/mol. The van der Waals surface area contributed by atoms with Crippen LogP contribution in [0.4, 0.5) is 0 Å². The number of nitrogens with zero attached hydrogens (tertiary/aromatic N) is 2. The highest BCUT2D eigenvalue weighted by Gasteiger charge is 2.26. The molecule has 2 heterocycles. The average molecular weight is 530 g/mol. The van der Waals surface area contributed by atoms with Gasteiger partial charge in [-0.25, -0.2) is 8.42 Å². The van der Waals surface area contributed by atoms with Gasteiger partial charge in [0.1, 0.15) is 0 Å². The predicted octanol–water partition coefficient (Wildman–Crippen LogP) is 3.88. The van der Waals surface area contributed by atoms with Crippen LogP contribution in [0, 0.1) is 0 Å². The van der Waals surface area contributed by atoms with Crippen molar-refractivity contribution in [3.63, 3.8) is 0 Å². The number of Topliss-reactive ketones (excluding diaryl/α,β-unsaturated/α-hetero) is 1. The molecule has 0 spiro atoms. The Labute approximate surface area is 221 Å². The van der Waals surface area contributed by atoms with Gasteiger partial charge in [-0.05, 0) is 68.6 Å². The Kier molecular flexibility index (Phi) is 9.59. The van der Waals surface area contributed by atoms with Crippen molar-refractivity contribution in [3.05, 3.63) is 53.6 Å². The molecule has 2 aliphatic rings. The number of hydrogen-bond donors (Lipinski definition) is 1. The molecule has 4 rings (SSSR count). The molecule has 202 valence electrons. The number of ether oxygens (including phenoxy) is 2. The van der Waals surface area contributed by atoms with Crippen LogP contribution in [0.5, 0.6) is 11.5 Å². The topological polar surface area (TPSA) is 88.2 Å². The Bertz CT molecular complexity index is 1140. The largest absolute Gasteiger partial charge is 0.493 e. The molecule has 2 fully saturated rings. The van der Waals surface area contributed by atoms with E-state index in [1.54, 1.807) is 42.8 Å². The standard InChI is InChI=1S/C28H39N3O5S/c1-35-27-14-11-23(19-28(27)36-2)25(30-15-5-3-6-16-30)20-29-21-26(32)22-9-12-24(13-10-22)37(33,34)31-17-7-4-8-18-31/h9-14,19,25,29H,3-8,15-18,20-21H2,1-2H3. The minimum atomic E-state index is -3.50. The van der Waals surface area contributed by atoms with Crippen LogP contribution in [0.3, 0.4) is 0 Å². The molecule has 8 nitrogen and oxygen atoms in total. The summed E-state index contributed by atoms with van der Waals surface area (Å²) in [5.74, 6) is 1.32. The van der Waals surface area contributed by atoms with Gasteiger partial charge >= 0.3 is 0 Å². The Morgan fingerprint density at radius 3 is 2.11 bits per heavy atom. The number of likely N-dealkylation sites (tertiary alicyclic amines) is 1. The molecule has 2 aromatic carbocycles. The van der Waals surface area contributed by atoms with Crippen molar-refractivity contribution in [2.45, 2.75) is 49.5 Å². The molecule has 1 atom stereocenters. The number of methoxy groups -OCH3 is 2. The van der Waals surface area contributed by atoms with Crippen molar-refractivity contribution in [1.82, 2.24) is 14.5 Å². The maximum Gasteiger partial charge on any atom is 0.243 e. The number of rotatable bonds is 11. The molecule has 1 unspecified atom stereocenters. The number of hydrogen-bond acceptors (Lipinski definition) is 7. The van der Waals surface area contributed by atoms with E-state index in [1.165, 1.54) is 6.42 Å². The summed E-state index contributed by atoms with van der Waals surface area (Å²) >= 11 is 0. The van der Waals surface area contributed by atoms with Crippen molar-refractivity contribution in [2.24, 2.45) is 0 Å². The summed E-state index contributed by atoms with van der Waals surface area (Å²) in [6.45, 7) is 3.94. The number of nitrogens with one attached hydrogen (secondary N) is 1. The first-order valence-electron chi connectivity index (χ1n) is 13.2. The Hall–Kier alpha value is -2.46. The zero-order valence-electron chi connectivity index (χ0n) is 21.9. The maximum absolute atomic E-state index is 12.9. The molecule has 0 bridgehead atoms. The third kappa shape index (κ3) is 6.71. The summed E-state index contributed by atoms with van der Waals surface area (Å²) in [5, 5.41) is 3.35. The number of benzene rings is 2. The SMILES string of the molecule is COc1ccc(C(CNCC(=O)c2ccc(S(=O)(=O)N3CCCCC3)cc2)N2CCCCC2)cc1OC. The maximum atomic E-state index is 12.9. The first-order chi connectivity index (χ1) is 17.9. The van der Waals surface area contributed by atoms with Crippen LogP contribution in [-0.4, -0.2) is 76.9 Å². The smallest absolute Gasteiger partial charge is 0.243 e. The van der Waals surface area contributed by atoms with Gasteiger partial charge in [-0.2, -0.15) is 4.31 Å². The van der Waals surface area contributed by atoms with E-state index >= 15 is 0 Å². The molecule has 0 amide bonds. The van der Waals surface area contributed by atoms with E-state index < -0.39 is 10.0 Å².